The molecular weight excluding hydrogens is 320 g/mol. The highest BCUT2D eigenvalue weighted by Crippen LogP contribution is 2.16. The van der Waals surface area contributed by atoms with Crippen molar-refractivity contribution in [2.45, 2.75) is 26.3 Å². The fraction of sp³-hybridized carbons (Fsp3) is 0.333. The SMILES string of the molecule is CC(C)N(C(=O)COC(=O)CCNc1ncccn1)c1ccccc1. The van der Waals surface area contributed by atoms with Gasteiger partial charge in [-0.1, -0.05) is 18.2 Å². The molecule has 1 aromatic carbocycles. The van der Waals surface area contributed by atoms with Gasteiger partial charge in [-0.3, -0.25) is 9.59 Å². The Labute approximate surface area is 147 Å². The molecular formula is C18H22N4O3. The van der Waals surface area contributed by atoms with Gasteiger partial charge in [-0.25, -0.2) is 9.97 Å². The average Bonchev–Trinajstić information content (AvgIpc) is 2.62. The molecule has 7 heteroatoms. The minimum atomic E-state index is -0.450. The van der Waals surface area contributed by atoms with Crippen LogP contribution < -0.4 is 10.2 Å². The summed E-state index contributed by atoms with van der Waals surface area (Å²) in [5.41, 5.74) is 0.779. The van der Waals surface area contributed by atoms with Crippen molar-refractivity contribution in [2.75, 3.05) is 23.4 Å². The molecule has 0 aliphatic rings. The molecule has 132 valence electrons. The first-order chi connectivity index (χ1) is 12.1. The number of rotatable bonds is 8. The first-order valence-electron chi connectivity index (χ1n) is 8.11. The zero-order chi connectivity index (χ0) is 18.1. The quantitative estimate of drug-likeness (QED) is 0.741. The molecule has 0 saturated heterocycles. The van der Waals surface area contributed by atoms with Gasteiger partial charge in [0.1, 0.15) is 0 Å². The number of benzene rings is 1. The van der Waals surface area contributed by atoms with Crippen molar-refractivity contribution >= 4 is 23.5 Å². The van der Waals surface area contributed by atoms with E-state index in [1.807, 2.05) is 44.2 Å². The molecule has 0 saturated carbocycles. The van der Waals surface area contributed by atoms with Crippen molar-refractivity contribution in [2.24, 2.45) is 0 Å². The lowest BCUT2D eigenvalue weighted by molar-refractivity contribution is -0.147. The van der Waals surface area contributed by atoms with Gasteiger partial charge in [0, 0.05) is 30.7 Å². The number of hydrogen-bond donors (Lipinski definition) is 1. The molecule has 25 heavy (non-hydrogen) atoms. The van der Waals surface area contributed by atoms with Crippen molar-refractivity contribution in [3.8, 4) is 0 Å². The van der Waals surface area contributed by atoms with Crippen LogP contribution in [0.25, 0.3) is 0 Å². The van der Waals surface area contributed by atoms with E-state index in [1.165, 1.54) is 0 Å². The lowest BCUT2D eigenvalue weighted by atomic mass is 10.2. The third-order valence-corrected chi connectivity index (χ3v) is 3.35. The molecule has 0 aliphatic heterocycles. The molecule has 1 N–H and O–H groups in total. The van der Waals surface area contributed by atoms with E-state index in [4.69, 9.17) is 4.74 Å². The smallest absolute Gasteiger partial charge is 0.308 e. The summed E-state index contributed by atoms with van der Waals surface area (Å²) in [6.45, 7) is 3.88. The molecule has 0 spiro atoms. The number of anilines is 2. The van der Waals surface area contributed by atoms with Crippen molar-refractivity contribution in [3.63, 3.8) is 0 Å². The predicted octanol–water partition coefficient (Wildman–Crippen LogP) is 2.26. The number of amides is 1. The molecule has 7 nitrogen and oxygen atoms in total. The molecule has 0 aliphatic carbocycles. The number of para-hydroxylation sites is 1. The molecule has 0 unspecified atom stereocenters. The van der Waals surface area contributed by atoms with Gasteiger partial charge in [-0.2, -0.15) is 0 Å². The summed E-state index contributed by atoms with van der Waals surface area (Å²) in [7, 11) is 0. The van der Waals surface area contributed by atoms with Crippen LogP contribution in [0.4, 0.5) is 11.6 Å². The molecule has 0 bridgehead atoms. The molecule has 1 amide bonds. The highest BCUT2D eigenvalue weighted by Gasteiger charge is 2.20. The van der Waals surface area contributed by atoms with Crippen LogP contribution in [0.15, 0.2) is 48.8 Å². The first kappa shape index (κ1) is 18.4. The minimum Gasteiger partial charge on any atom is -0.455 e. The van der Waals surface area contributed by atoms with Crippen LogP contribution in [-0.2, 0) is 14.3 Å². The standard InChI is InChI=1S/C18H22N4O3/c1-14(2)22(15-7-4-3-5-8-15)16(23)13-25-17(24)9-12-21-18-19-10-6-11-20-18/h3-8,10-11,14H,9,12-13H2,1-2H3,(H,19,20,21). The van der Waals surface area contributed by atoms with Crippen LogP contribution in [0.2, 0.25) is 0 Å². The second-order valence-corrected chi connectivity index (χ2v) is 5.60. The van der Waals surface area contributed by atoms with E-state index < -0.39 is 5.97 Å². The summed E-state index contributed by atoms with van der Waals surface area (Å²) in [6.07, 6.45) is 3.34. The van der Waals surface area contributed by atoms with Crippen LogP contribution in [0, 0.1) is 0 Å². The van der Waals surface area contributed by atoms with E-state index in [0.29, 0.717) is 12.5 Å². The highest BCUT2D eigenvalue weighted by molar-refractivity contribution is 5.95. The van der Waals surface area contributed by atoms with Gasteiger partial charge in [-0.05, 0) is 32.0 Å². The third-order valence-electron chi connectivity index (χ3n) is 3.35. The molecule has 2 rings (SSSR count). The summed E-state index contributed by atoms with van der Waals surface area (Å²) >= 11 is 0. The van der Waals surface area contributed by atoms with Crippen LogP contribution in [-0.4, -0.2) is 41.0 Å². The van der Waals surface area contributed by atoms with Crippen molar-refractivity contribution in [1.29, 1.82) is 0 Å². The van der Waals surface area contributed by atoms with E-state index in [2.05, 4.69) is 15.3 Å². The Morgan fingerprint density at radius 3 is 2.44 bits per heavy atom. The van der Waals surface area contributed by atoms with Crippen molar-refractivity contribution in [1.82, 2.24) is 9.97 Å². The van der Waals surface area contributed by atoms with E-state index in [-0.39, 0.29) is 25.0 Å². The maximum absolute atomic E-state index is 12.4. The maximum atomic E-state index is 12.4. The van der Waals surface area contributed by atoms with E-state index in [1.54, 1.807) is 23.4 Å². The van der Waals surface area contributed by atoms with Crippen LogP contribution in [0.3, 0.4) is 0 Å². The lowest BCUT2D eigenvalue weighted by Crippen LogP contribution is -2.40. The van der Waals surface area contributed by atoms with Gasteiger partial charge in [0.25, 0.3) is 5.91 Å². The topological polar surface area (TPSA) is 84.4 Å². The zero-order valence-corrected chi connectivity index (χ0v) is 14.4. The Balaban J connectivity index is 1.78. The Hall–Kier alpha value is -2.96. The van der Waals surface area contributed by atoms with E-state index in [0.717, 1.165) is 5.69 Å². The number of esters is 1. The van der Waals surface area contributed by atoms with Gasteiger partial charge >= 0.3 is 5.97 Å². The number of carbonyl (C=O) groups is 2. The normalized spacial score (nSPS) is 10.4. The Kier molecular flexibility index (Phi) is 6.88. The second-order valence-electron chi connectivity index (χ2n) is 5.60. The number of ether oxygens (including phenoxy) is 1. The van der Waals surface area contributed by atoms with Crippen LogP contribution in [0.1, 0.15) is 20.3 Å². The van der Waals surface area contributed by atoms with Crippen molar-refractivity contribution < 1.29 is 14.3 Å². The summed E-state index contributed by atoms with van der Waals surface area (Å²) in [5, 5.41) is 2.91. The Morgan fingerprint density at radius 2 is 1.80 bits per heavy atom. The number of carbonyl (C=O) groups excluding carboxylic acids is 2. The molecule has 0 radical (unpaired) electrons. The third kappa shape index (κ3) is 5.87. The molecule has 1 heterocycles. The van der Waals surface area contributed by atoms with E-state index >= 15 is 0 Å². The predicted molar refractivity (Wildman–Crippen MR) is 95.2 cm³/mol. The lowest BCUT2D eigenvalue weighted by Gasteiger charge is -2.26. The number of hydrogen-bond acceptors (Lipinski definition) is 6. The monoisotopic (exact) mass is 342 g/mol. The second kappa shape index (κ2) is 9.36. The molecule has 2 aromatic rings. The Bertz CT molecular complexity index is 677. The highest BCUT2D eigenvalue weighted by atomic mass is 16.5. The molecule has 1 aromatic heterocycles. The van der Waals surface area contributed by atoms with Crippen LogP contribution in [0.5, 0.6) is 0 Å². The van der Waals surface area contributed by atoms with Crippen molar-refractivity contribution in [3.05, 3.63) is 48.8 Å². The van der Waals surface area contributed by atoms with Gasteiger partial charge < -0.3 is 15.0 Å². The number of nitrogens with one attached hydrogen (secondary N) is 1. The number of nitrogens with zero attached hydrogens (tertiary/aromatic N) is 3. The largest absolute Gasteiger partial charge is 0.455 e. The fourth-order valence-electron chi connectivity index (χ4n) is 2.27. The Morgan fingerprint density at radius 1 is 1.12 bits per heavy atom. The number of aromatic nitrogens is 2. The zero-order valence-electron chi connectivity index (χ0n) is 14.4. The minimum absolute atomic E-state index is 0.0366. The molecule has 0 atom stereocenters. The van der Waals surface area contributed by atoms with Crippen LogP contribution >= 0.6 is 0 Å². The van der Waals surface area contributed by atoms with E-state index in [9.17, 15) is 9.59 Å². The van der Waals surface area contributed by atoms with Gasteiger partial charge in [0.15, 0.2) is 6.61 Å². The molecule has 0 fully saturated rings. The first-order valence-corrected chi connectivity index (χ1v) is 8.11. The van der Waals surface area contributed by atoms with Gasteiger partial charge in [0.05, 0.1) is 6.42 Å². The van der Waals surface area contributed by atoms with Gasteiger partial charge in [-0.15, -0.1) is 0 Å². The van der Waals surface area contributed by atoms with Gasteiger partial charge in [0.2, 0.25) is 5.95 Å². The maximum Gasteiger partial charge on any atom is 0.308 e. The summed E-state index contributed by atoms with van der Waals surface area (Å²) < 4.78 is 5.08. The summed E-state index contributed by atoms with van der Waals surface area (Å²) in [4.78, 5) is 33.8. The summed E-state index contributed by atoms with van der Waals surface area (Å²) in [6, 6.07) is 11.0. The summed E-state index contributed by atoms with van der Waals surface area (Å²) in [5.74, 6) is -0.260. The average molecular weight is 342 g/mol. The fourth-order valence-corrected chi connectivity index (χ4v) is 2.27.